The first-order valence-electron chi connectivity index (χ1n) is 9.28. The van der Waals surface area contributed by atoms with Crippen LogP contribution in [-0.4, -0.2) is 17.8 Å². The summed E-state index contributed by atoms with van der Waals surface area (Å²) < 4.78 is 5.75. The van der Waals surface area contributed by atoms with Gasteiger partial charge in [0.1, 0.15) is 17.1 Å². The van der Waals surface area contributed by atoms with E-state index in [4.69, 9.17) is 27.6 Å². The Morgan fingerprint density at radius 3 is 2.42 bits per heavy atom. The van der Waals surface area contributed by atoms with Crippen molar-refractivity contribution in [3.05, 3.63) is 81.0 Å². The van der Waals surface area contributed by atoms with E-state index in [2.05, 4.69) is 5.32 Å². The van der Waals surface area contributed by atoms with E-state index in [1.807, 2.05) is 13.8 Å². The number of barbiturate groups is 1. The number of benzene rings is 2. The van der Waals surface area contributed by atoms with Gasteiger partial charge >= 0.3 is 6.03 Å². The molecule has 4 rings (SSSR count). The molecule has 31 heavy (non-hydrogen) atoms. The molecule has 1 fully saturated rings. The molecule has 1 aliphatic heterocycles. The largest absolute Gasteiger partial charge is 0.457 e. The number of halogens is 2. The molecule has 1 aliphatic rings. The lowest BCUT2D eigenvalue weighted by Crippen LogP contribution is -2.54. The lowest BCUT2D eigenvalue weighted by atomic mass is 10.1. The van der Waals surface area contributed by atoms with Gasteiger partial charge in [-0.1, -0.05) is 29.3 Å². The summed E-state index contributed by atoms with van der Waals surface area (Å²) in [6.07, 6.45) is 1.30. The summed E-state index contributed by atoms with van der Waals surface area (Å²) in [5.74, 6) is -0.829. The number of carbonyl (C=O) groups is 3. The van der Waals surface area contributed by atoms with E-state index >= 15 is 0 Å². The second-order valence-electron chi connectivity index (χ2n) is 7.05. The number of nitrogens with one attached hydrogen (secondary N) is 1. The predicted octanol–water partition coefficient (Wildman–Crippen LogP) is 5.54. The molecule has 0 radical (unpaired) electrons. The third-order valence-electron chi connectivity index (χ3n) is 4.96. The van der Waals surface area contributed by atoms with Crippen LogP contribution in [0, 0.1) is 13.8 Å². The zero-order chi connectivity index (χ0) is 22.3. The Labute approximate surface area is 188 Å². The number of furan rings is 1. The molecule has 1 saturated heterocycles. The molecule has 0 unspecified atom stereocenters. The van der Waals surface area contributed by atoms with Gasteiger partial charge in [0.25, 0.3) is 11.8 Å². The third-order valence-corrected chi connectivity index (χ3v) is 5.51. The molecular weight excluding hydrogens is 439 g/mol. The first-order valence-corrected chi connectivity index (χ1v) is 10.0. The molecule has 156 valence electrons. The summed E-state index contributed by atoms with van der Waals surface area (Å²) in [4.78, 5) is 38.7. The fourth-order valence-corrected chi connectivity index (χ4v) is 3.66. The zero-order valence-electron chi connectivity index (χ0n) is 16.5. The second-order valence-corrected chi connectivity index (χ2v) is 7.90. The van der Waals surface area contributed by atoms with Crippen molar-refractivity contribution in [2.75, 3.05) is 4.90 Å². The Morgan fingerprint density at radius 1 is 0.935 bits per heavy atom. The predicted molar refractivity (Wildman–Crippen MR) is 119 cm³/mol. The van der Waals surface area contributed by atoms with E-state index in [1.165, 1.54) is 6.08 Å². The van der Waals surface area contributed by atoms with Crippen LogP contribution in [0.3, 0.4) is 0 Å². The minimum atomic E-state index is -0.802. The molecule has 1 aromatic heterocycles. The fraction of sp³-hybridized carbons (Fsp3) is 0.0870. The average molecular weight is 455 g/mol. The van der Waals surface area contributed by atoms with E-state index in [0.29, 0.717) is 27.1 Å². The molecule has 0 spiro atoms. The quantitative estimate of drug-likeness (QED) is 0.416. The Morgan fingerprint density at radius 2 is 1.71 bits per heavy atom. The fourth-order valence-electron chi connectivity index (χ4n) is 3.16. The highest BCUT2D eigenvalue weighted by Crippen LogP contribution is 2.32. The van der Waals surface area contributed by atoms with Crippen LogP contribution in [0.5, 0.6) is 0 Å². The summed E-state index contributed by atoms with van der Waals surface area (Å²) in [6, 6.07) is 12.6. The van der Waals surface area contributed by atoms with Gasteiger partial charge in [0.2, 0.25) is 0 Å². The van der Waals surface area contributed by atoms with E-state index in [0.717, 1.165) is 16.0 Å². The Balaban J connectivity index is 1.69. The van der Waals surface area contributed by atoms with Gasteiger partial charge in [0.05, 0.1) is 10.7 Å². The lowest BCUT2D eigenvalue weighted by molar-refractivity contribution is -0.122. The number of rotatable bonds is 3. The van der Waals surface area contributed by atoms with E-state index < -0.39 is 17.8 Å². The van der Waals surface area contributed by atoms with Crippen molar-refractivity contribution in [1.82, 2.24) is 5.32 Å². The van der Waals surface area contributed by atoms with Crippen molar-refractivity contribution in [3.8, 4) is 11.3 Å². The van der Waals surface area contributed by atoms with Crippen molar-refractivity contribution in [1.29, 1.82) is 0 Å². The van der Waals surface area contributed by atoms with Crippen LogP contribution in [0.4, 0.5) is 10.5 Å². The van der Waals surface area contributed by atoms with Gasteiger partial charge < -0.3 is 4.42 Å². The molecule has 0 aliphatic carbocycles. The van der Waals surface area contributed by atoms with Crippen LogP contribution < -0.4 is 10.2 Å². The third kappa shape index (κ3) is 4.00. The number of nitrogens with zero attached hydrogens (tertiary/aromatic N) is 1. The number of anilines is 1. The first kappa shape index (κ1) is 20.9. The lowest BCUT2D eigenvalue weighted by Gasteiger charge is -2.26. The van der Waals surface area contributed by atoms with Gasteiger partial charge in [-0.25, -0.2) is 9.69 Å². The Hall–Kier alpha value is -3.35. The van der Waals surface area contributed by atoms with Crippen molar-refractivity contribution < 1.29 is 18.8 Å². The number of carbonyl (C=O) groups excluding carboxylic acids is 3. The standard InChI is InChI=1S/C23H16Cl2N2O4/c1-12-3-5-15(9-13(12)2)27-22(29)18(21(28)26-23(27)30)11-16-6-8-20(31-16)17-7-4-14(24)10-19(17)25/h3-11H,1-2H3,(H,26,28,30)/b18-11-. The molecular formula is C23H16Cl2N2O4. The van der Waals surface area contributed by atoms with Crippen LogP contribution in [0.1, 0.15) is 16.9 Å². The molecule has 1 N–H and O–H groups in total. The molecule has 8 heteroatoms. The molecule has 0 saturated carbocycles. The maximum Gasteiger partial charge on any atom is 0.335 e. The highest BCUT2D eigenvalue weighted by molar-refractivity contribution is 6.39. The van der Waals surface area contributed by atoms with Gasteiger partial charge in [-0.2, -0.15) is 0 Å². The number of hydrogen-bond donors (Lipinski definition) is 1. The van der Waals surface area contributed by atoms with Crippen LogP contribution >= 0.6 is 23.2 Å². The normalized spacial score (nSPS) is 15.5. The Kier molecular flexibility index (Phi) is 5.43. The van der Waals surface area contributed by atoms with E-state index in [-0.39, 0.29) is 11.3 Å². The second kappa shape index (κ2) is 8.06. The minimum absolute atomic E-state index is 0.221. The van der Waals surface area contributed by atoms with E-state index in [9.17, 15) is 14.4 Å². The first-order chi connectivity index (χ1) is 14.7. The summed E-state index contributed by atoms with van der Waals surface area (Å²) in [6.45, 7) is 3.80. The molecule has 0 bridgehead atoms. The van der Waals surface area contributed by atoms with Crippen LogP contribution in [-0.2, 0) is 9.59 Å². The zero-order valence-corrected chi connectivity index (χ0v) is 18.0. The van der Waals surface area contributed by atoms with Crippen LogP contribution in [0.25, 0.3) is 17.4 Å². The maximum atomic E-state index is 13.0. The summed E-state index contributed by atoms with van der Waals surface area (Å²) >= 11 is 12.1. The topological polar surface area (TPSA) is 79.6 Å². The molecule has 2 aromatic carbocycles. The van der Waals surface area contributed by atoms with Gasteiger partial charge in [0.15, 0.2) is 0 Å². The van der Waals surface area contributed by atoms with Gasteiger partial charge in [-0.3, -0.25) is 14.9 Å². The summed E-state index contributed by atoms with van der Waals surface area (Å²) in [7, 11) is 0. The monoisotopic (exact) mass is 454 g/mol. The van der Waals surface area contributed by atoms with Gasteiger partial charge in [0, 0.05) is 10.6 Å². The van der Waals surface area contributed by atoms with Crippen molar-refractivity contribution in [3.63, 3.8) is 0 Å². The van der Waals surface area contributed by atoms with Gasteiger partial charge in [-0.05, 0) is 73.5 Å². The number of amides is 4. The van der Waals surface area contributed by atoms with Crippen LogP contribution in [0.15, 0.2) is 58.5 Å². The number of urea groups is 1. The summed E-state index contributed by atoms with van der Waals surface area (Å²) in [5.41, 5.74) is 2.69. The Bertz CT molecular complexity index is 1280. The summed E-state index contributed by atoms with van der Waals surface area (Å²) in [5, 5.41) is 3.09. The molecule has 2 heterocycles. The van der Waals surface area contributed by atoms with Crippen molar-refractivity contribution >= 4 is 52.8 Å². The van der Waals surface area contributed by atoms with Crippen molar-refractivity contribution in [2.24, 2.45) is 0 Å². The number of imide groups is 2. The molecule has 6 nitrogen and oxygen atoms in total. The van der Waals surface area contributed by atoms with E-state index in [1.54, 1.807) is 48.5 Å². The van der Waals surface area contributed by atoms with Gasteiger partial charge in [-0.15, -0.1) is 0 Å². The maximum absolute atomic E-state index is 13.0. The SMILES string of the molecule is Cc1ccc(N2C(=O)NC(=O)/C(=C/c3ccc(-c4ccc(Cl)cc4Cl)o3)C2=O)cc1C. The molecule has 3 aromatic rings. The highest BCUT2D eigenvalue weighted by Gasteiger charge is 2.37. The van der Waals surface area contributed by atoms with Crippen molar-refractivity contribution in [2.45, 2.75) is 13.8 Å². The molecule has 4 amide bonds. The average Bonchev–Trinajstić information content (AvgIpc) is 3.16. The smallest absolute Gasteiger partial charge is 0.335 e. The highest BCUT2D eigenvalue weighted by atomic mass is 35.5. The number of hydrogen-bond acceptors (Lipinski definition) is 4. The minimum Gasteiger partial charge on any atom is -0.457 e. The molecule has 0 atom stereocenters. The van der Waals surface area contributed by atoms with Crippen LogP contribution in [0.2, 0.25) is 10.0 Å². The number of aryl methyl sites for hydroxylation is 2.